The van der Waals surface area contributed by atoms with Crippen molar-refractivity contribution in [2.75, 3.05) is 30.7 Å². The number of sulfonamides is 1. The zero-order chi connectivity index (χ0) is 16.2. The molecule has 0 unspecified atom stereocenters. The highest BCUT2D eigenvalue weighted by atomic mass is 32.2. The molecule has 22 heavy (non-hydrogen) atoms. The van der Waals surface area contributed by atoms with E-state index < -0.39 is 10.0 Å². The van der Waals surface area contributed by atoms with E-state index in [0.29, 0.717) is 24.0 Å². The van der Waals surface area contributed by atoms with Crippen molar-refractivity contribution >= 4 is 26.9 Å². The van der Waals surface area contributed by atoms with Crippen LogP contribution in [0.1, 0.15) is 13.8 Å². The fourth-order valence-electron chi connectivity index (χ4n) is 2.21. The van der Waals surface area contributed by atoms with Gasteiger partial charge in [0.2, 0.25) is 16.0 Å². The molecule has 120 valence electrons. The molecule has 0 spiro atoms. The lowest BCUT2D eigenvalue weighted by atomic mass is 10.2. The third-order valence-electron chi connectivity index (χ3n) is 3.36. The van der Waals surface area contributed by atoms with E-state index >= 15 is 0 Å². The van der Waals surface area contributed by atoms with Gasteiger partial charge in [-0.2, -0.15) is 0 Å². The monoisotopic (exact) mass is 324 g/mol. The number of benzene rings is 1. The lowest BCUT2D eigenvalue weighted by molar-refractivity contribution is 0.446. The van der Waals surface area contributed by atoms with E-state index in [2.05, 4.69) is 15.3 Å². The van der Waals surface area contributed by atoms with Gasteiger partial charge in [-0.15, -0.1) is 0 Å². The van der Waals surface area contributed by atoms with Crippen LogP contribution in [0.4, 0.5) is 5.95 Å². The minimum atomic E-state index is -3.29. The fraction of sp³-hybridized carbons (Fsp3) is 0.429. The highest BCUT2D eigenvalue weighted by Crippen LogP contribution is 2.08. The van der Waals surface area contributed by atoms with Crippen molar-refractivity contribution in [3.8, 4) is 0 Å². The number of hydrogen-bond acceptors (Lipinski definition) is 5. The Balaban J connectivity index is 2.08. The van der Waals surface area contributed by atoms with Gasteiger partial charge < -0.3 is 5.32 Å². The number of nitrogens with zero attached hydrogens (tertiary/aromatic N) is 2. The normalized spacial score (nSPS) is 12.0. The molecule has 1 aromatic heterocycles. The molecule has 2 N–H and O–H groups in total. The number of para-hydroxylation sites is 1. The van der Waals surface area contributed by atoms with Crippen LogP contribution >= 0.6 is 0 Å². The molecule has 2 rings (SSSR count). The third kappa shape index (κ3) is 3.63. The molecule has 0 saturated heterocycles. The molecule has 0 bridgehead atoms. The lowest BCUT2D eigenvalue weighted by Gasteiger charge is -2.18. The molecule has 0 atom stereocenters. The van der Waals surface area contributed by atoms with E-state index in [0.717, 1.165) is 0 Å². The Morgan fingerprint density at radius 3 is 2.59 bits per heavy atom. The number of rotatable bonds is 7. The van der Waals surface area contributed by atoms with Gasteiger partial charge in [0.05, 0.1) is 16.7 Å². The minimum Gasteiger partial charge on any atom is -0.355 e. The Morgan fingerprint density at radius 1 is 1.23 bits per heavy atom. The minimum absolute atomic E-state index is 0.0504. The maximum Gasteiger partial charge on any atom is 0.260 e. The zero-order valence-corrected chi connectivity index (χ0v) is 13.5. The first-order valence-electron chi connectivity index (χ1n) is 7.18. The lowest BCUT2D eigenvalue weighted by Crippen LogP contribution is -2.34. The second-order valence-electron chi connectivity index (χ2n) is 4.76. The van der Waals surface area contributed by atoms with Crippen molar-refractivity contribution in [1.29, 1.82) is 0 Å². The topological polar surface area (TPSA) is 95.2 Å². The van der Waals surface area contributed by atoms with Gasteiger partial charge in [-0.25, -0.2) is 17.7 Å². The summed E-state index contributed by atoms with van der Waals surface area (Å²) < 4.78 is 25.5. The Hall–Kier alpha value is -1.93. The van der Waals surface area contributed by atoms with E-state index in [4.69, 9.17) is 0 Å². The number of anilines is 1. The second-order valence-corrected chi connectivity index (χ2v) is 6.85. The Bertz CT molecular complexity index is 797. The molecule has 0 amide bonds. The van der Waals surface area contributed by atoms with Crippen LogP contribution in [0.5, 0.6) is 0 Å². The van der Waals surface area contributed by atoms with Crippen molar-refractivity contribution in [2.24, 2.45) is 0 Å². The molecule has 2 aromatic rings. The average molecular weight is 324 g/mol. The predicted octanol–water partition coefficient (Wildman–Crippen LogP) is 1.01. The maximum atomic E-state index is 12.1. The summed E-state index contributed by atoms with van der Waals surface area (Å²) in [7, 11) is -3.29. The number of nitrogens with one attached hydrogen (secondary N) is 2. The van der Waals surface area contributed by atoms with Gasteiger partial charge in [-0.05, 0) is 12.1 Å². The molecule has 0 saturated carbocycles. The molecule has 0 aliphatic carbocycles. The molecular formula is C14H20N4O3S. The molecule has 1 heterocycles. The molecule has 0 radical (unpaired) electrons. The van der Waals surface area contributed by atoms with Crippen molar-refractivity contribution in [1.82, 2.24) is 14.3 Å². The quantitative estimate of drug-likeness (QED) is 0.792. The molecule has 7 nitrogen and oxygen atoms in total. The Morgan fingerprint density at radius 2 is 1.91 bits per heavy atom. The number of H-pyrrole nitrogens is 1. The van der Waals surface area contributed by atoms with Crippen LogP contribution in [-0.4, -0.2) is 48.1 Å². The van der Waals surface area contributed by atoms with Gasteiger partial charge in [0, 0.05) is 19.6 Å². The van der Waals surface area contributed by atoms with Crippen LogP contribution in [0.25, 0.3) is 10.9 Å². The highest BCUT2D eigenvalue weighted by Gasteiger charge is 2.18. The van der Waals surface area contributed by atoms with E-state index in [1.165, 1.54) is 4.31 Å². The summed E-state index contributed by atoms with van der Waals surface area (Å²) in [5, 5.41) is 3.37. The summed E-state index contributed by atoms with van der Waals surface area (Å²) in [5.41, 5.74) is 0.319. The standard InChI is InChI=1S/C14H20N4O3S/c1-3-18(4-2)22(20,21)10-9-15-14-16-12-8-6-5-7-11(12)13(19)17-14/h5-8H,3-4,9-10H2,1-2H3,(H2,15,16,17,19). The molecule has 8 heteroatoms. The van der Waals surface area contributed by atoms with Crippen LogP contribution in [-0.2, 0) is 10.0 Å². The van der Waals surface area contributed by atoms with Crippen LogP contribution in [0.2, 0.25) is 0 Å². The summed E-state index contributed by atoms with van der Waals surface area (Å²) in [4.78, 5) is 18.8. The van der Waals surface area contributed by atoms with Crippen molar-refractivity contribution < 1.29 is 8.42 Å². The second kappa shape index (κ2) is 6.89. The van der Waals surface area contributed by atoms with Crippen molar-refractivity contribution in [3.05, 3.63) is 34.6 Å². The van der Waals surface area contributed by atoms with Crippen molar-refractivity contribution in [2.45, 2.75) is 13.8 Å². The fourth-order valence-corrected chi connectivity index (χ4v) is 3.62. The Kier molecular flexibility index (Phi) is 5.15. The van der Waals surface area contributed by atoms with Gasteiger partial charge in [-0.1, -0.05) is 26.0 Å². The van der Waals surface area contributed by atoms with Crippen LogP contribution in [0, 0.1) is 0 Å². The SMILES string of the molecule is CCN(CC)S(=O)(=O)CCNc1nc2ccccc2c(=O)[nH]1. The number of hydrogen-bond donors (Lipinski definition) is 2. The predicted molar refractivity (Wildman–Crippen MR) is 87.6 cm³/mol. The summed E-state index contributed by atoms with van der Waals surface area (Å²) in [6.07, 6.45) is 0. The smallest absolute Gasteiger partial charge is 0.260 e. The molecule has 0 aliphatic heterocycles. The number of aromatic nitrogens is 2. The molecule has 0 fully saturated rings. The van der Waals surface area contributed by atoms with Crippen molar-refractivity contribution in [3.63, 3.8) is 0 Å². The zero-order valence-electron chi connectivity index (χ0n) is 12.7. The van der Waals surface area contributed by atoms with E-state index in [9.17, 15) is 13.2 Å². The molecular weight excluding hydrogens is 304 g/mol. The third-order valence-corrected chi connectivity index (χ3v) is 5.39. The summed E-state index contributed by atoms with van der Waals surface area (Å²) in [6, 6.07) is 6.99. The Labute approximate surface area is 129 Å². The van der Waals surface area contributed by atoms with Gasteiger partial charge in [-0.3, -0.25) is 9.78 Å². The first-order chi connectivity index (χ1) is 10.5. The highest BCUT2D eigenvalue weighted by molar-refractivity contribution is 7.89. The van der Waals surface area contributed by atoms with Gasteiger partial charge in [0.15, 0.2) is 0 Å². The van der Waals surface area contributed by atoms with Gasteiger partial charge >= 0.3 is 0 Å². The van der Waals surface area contributed by atoms with E-state index in [1.54, 1.807) is 38.1 Å². The van der Waals surface area contributed by atoms with Crippen LogP contribution < -0.4 is 10.9 Å². The summed E-state index contributed by atoms with van der Waals surface area (Å²) in [5.74, 6) is 0.226. The molecule has 0 aliphatic rings. The largest absolute Gasteiger partial charge is 0.355 e. The average Bonchev–Trinajstić information content (AvgIpc) is 2.48. The van der Waals surface area contributed by atoms with E-state index in [1.807, 2.05) is 0 Å². The van der Waals surface area contributed by atoms with Gasteiger partial charge in [0.1, 0.15) is 0 Å². The summed E-state index contributed by atoms with van der Waals surface area (Å²) in [6.45, 7) is 4.68. The maximum absolute atomic E-state index is 12.1. The van der Waals surface area contributed by atoms with Crippen LogP contribution in [0.15, 0.2) is 29.1 Å². The summed E-state index contributed by atoms with van der Waals surface area (Å²) >= 11 is 0. The number of fused-ring (bicyclic) bond motifs is 1. The molecule has 1 aromatic carbocycles. The van der Waals surface area contributed by atoms with Gasteiger partial charge in [0.25, 0.3) is 5.56 Å². The first-order valence-corrected chi connectivity index (χ1v) is 8.79. The first kappa shape index (κ1) is 16.4. The van der Waals surface area contributed by atoms with Crippen LogP contribution in [0.3, 0.4) is 0 Å². The number of aromatic amines is 1. The van der Waals surface area contributed by atoms with E-state index in [-0.39, 0.29) is 23.8 Å².